The number of carbonyl (C=O) groups excluding carboxylic acids is 3. The van der Waals surface area contributed by atoms with Crippen molar-refractivity contribution in [1.82, 2.24) is 9.80 Å². The lowest BCUT2D eigenvalue weighted by atomic mass is 10.1. The van der Waals surface area contributed by atoms with Crippen LogP contribution in [0.3, 0.4) is 0 Å². The molecule has 1 aliphatic heterocycles. The van der Waals surface area contributed by atoms with Gasteiger partial charge in [0, 0.05) is 23.2 Å². The Bertz CT molecular complexity index is 790. The minimum Gasteiger partial charge on any atom is -0.333 e. The Kier molecular flexibility index (Phi) is 6.83. The van der Waals surface area contributed by atoms with Gasteiger partial charge in [0.2, 0.25) is 17.7 Å². The lowest BCUT2D eigenvalue weighted by Gasteiger charge is -2.28. The maximum atomic E-state index is 13.0. The molecule has 0 atom stereocenters. The van der Waals surface area contributed by atoms with Gasteiger partial charge in [0.1, 0.15) is 13.2 Å². The molecule has 29 heavy (non-hydrogen) atoms. The third kappa shape index (κ3) is 4.92. The number of benzene rings is 1. The summed E-state index contributed by atoms with van der Waals surface area (Å²) in [6.07, 6.45) is 3.97. The molecule has 2 fully saturated rings. The average Bonchev–Trinajstić information content (AvgIpc) is 3.32. The molecular formula is C22H30ClN3O3. The van der Waals surface area contributed by atoms with E-state index in [0.29, 0.717) is 11.6 Å². The molecule has 1 saturated heterocycles. The van der Waals surface area contributed by atoms with E-state index in [1.54, 1.807) is 21.9 Å². The first-order chi connectivity index (χ1) is 13.8. The van der Waals surface area contributed by atoms with Crippen LogP contribution in [0, 0.1) is 18.8 Å². The lowest BCUT2D eigenvalue weighted by Crippen LogP contribution is -2.45. The van der Waals surface area contributed by atoms with Gasteiger partial charge in [-0.1, -0.05) is 44.4 Å². The van der Waals surface area contributed by atoms with Crippen molar-refractivity contribution in [3.05, 3.63) is 28.8 Å². The zero-order valence-corrected chi connectivity index (χ0v) is 18.2. The molecule has 3 rings (SSSR count). The Morgan fingerprint density at radius 3 is 2.59 bits per heavy atom. The molecule has 1 heterocycles. The summed E-state index contributed by atoms with van der Waals surface area (Å²) in [7, 11) is 0. The van der Waals surface area contributed by atoms with Crippen LogP contribution in [-0.2, 0) is 14.4 Å². The molecule has 6 nitrogen and oxygen atoms in total. The van der Waals surface area contributed by atoms with Crippen LogP contribution in [0.2, 0.25) is 5.02 Å². The first-order valence-electron chi connectivity index (χ1n) is 10.4. The Morgan fingerprint density at radius 1 is 1.24 bits per heavy atom. The summed E-state index contributed by atoms with van der Waals surface area (Å²) in [5.41, 5.74) is 1.54. The van der Waals surface area contributed by atoms with Crippen molar-refractivity contribution in [3.8, 4) is 0 Å². The second kappa shape index (κ2) is 9.16. The molecule has 0 unspecified atom stereocenters. The SMILES string of the molecule is Cc1c(Cl)cccc1N1CN(C(=O)CN(CC(C)C)C(=O)C2CCCC2)CC1=O. The predicted octanol–water partition coefficient (Wildman–Crippen LogP) is 3.46. The van der Waals surface area contributed by atoms with Gasteiger partial charge in [-0.25, -0.2) is 0 Å². The van der Waals surface area contributed by atoms with Crippen LogP contribution < -0.4 is 4.90 Å². The van der Waals surface area contributed by atoms with Crippen LogP contribution in [-0.4, -0.2) is 53.8 Å². The summed E-state index contributed by atoms with van der Waals surface area (Å²) in [4.78, 5) is 43.3. The van der Waals surface area contributed by atoms with Crippen LogP contribution in [0.25, 0.3) is 0 Å². The lowest BCUT2D eigenvalue weighted by molar-refractivity contribution is -0.143. The van der Waals surface area contributed by atoms with Crippen LogP contribution in [0.4, 0.5) is 5.69 Å². The number of carbonyl (C=O) groups is 3. The first-order valence-corrected chi connectivity index (χ1v) is 10.8. The molecule has 1 saturated carbocycles. The average molecular weight is 420 g/mol. The summed E-state index contributed by atoms with van der Waals surface area (Å²) in [6.45, 7) is 6.75. The molecule has 1 aromatic carbocycles. The van der Waals surface area contributed by atoms with E-state index in [4.69, 9.17) is 11.6 Å². The van der Waals surface area contributed by atoms with E-state index >= 15 is 0 Å². The fourth-order valence-electron chi connectivity index (χ4n) is 4.18. The molecule has 1 aromatic rings. The maximum absolute atomic E-state index is 13.0. The molecule has 158 valence electrons. The fourth-order valence-corrected chi connectivity index (χ4v) is 4.35. The molecule has 0 spiro atoms. The Hall–Kier alpha value is -2.08. The number of rotatable bonds is 6. The van der Waals surface area contributed by atoms with E-state index in [1.807, 2.05) is 26.8 Å². The Labute approximate surface area is 177 Å². The summed E-state index contributed by atoms with van der Waals surface area (Å²) in [5, 5.41) is 0.588. The Morgan fingerprint density at radius 2 is 1.93 bits per heavy atom. The van der Waals surface area contributed by atoms with Crippen LogP contribution in [0.5, 0.6) is 0 Å². The maximum Gasteiger partial charge on any atom is 0.248 e. The second-order valence-electron chi connectivity index (χ2n) is 8.53. The molecule has 0 radical (unpaired) electrons. The second-order valence-corrected chi connectivity index (χ2v) is 8.94. The normalized spacial score (nSPS) is 17.5. The number of halogens is 1. The highest BCUT2D eigenvalue weighted by Crippen LogP contribution is 2.29. The van der Waals surface area contributed by atoms with Gasteiger partial charge in [-0.05, 0) is 43.4 Å². The van der Waals surface area contributed by atoms with Crippen LogP contribution >= 0.6 is 11.6 Å². The molecule has 0 bridgehead atoms. The molecule has 1 aliphatic carbocycles. The Balaban J connectivity index is 1.69. The number of anilines is 1. The van der Waals surface area contributed by atoms with Gasteiger partial charge in [-0.15, -0.1) is 0 Å². The van der Waals surface area contributed by atoms with E-state index in [0.717, 1.165) is 36.9 Å². The highest BCUT2D eigenvalue weighted by atomic mass is 35.5. The van der Waals surface area contributed by atoms with Crippen molar-refractivity contribution in [2.45, 2.75) is 46.5 Å². The highest BCUT2D eigenvalue weighted by Gasteiger charge is 2.35. The number of hydrogen-bond donors (Lipinski definition) is 0. The summed E-state index contributed by atoms with van der Waals surface area (Å²) in [6, 6.07) is 5.41. The third-order valence-electron chi connectivity index (χ3n) is 5.75. The standard InChI is InChI=1S/C22H30ClN3O3/c1-15(2)11-24(22(29)17-7-4-5-8-17)12-20(27)25-13-21(28)26(14-25)19-10-6-9-18(23)16(19)3/h6,9-10,15,17H,4-5,7-8,11-14H2,1-3H3. The van der Waals surface area contributed by atoms with Gasteiger partial charge < -0.3 is 9.80 Å². The van der Waals surface area contributed by atoms with Gasteiger partial charge in [0.25, 0.3) is 0 Å². The third-order valence-corrected chi connectivity index (χ3v) is 6.16. The molecule has 3 amide bonds. The van der Waals surface area contributed by atoms with Gasteiger partial charge in [0.05, 0.1) is 6.54 Å². The van der Waals surface area contributed by atoms with Crippen molar-refractivity contribution in [3.63, 3.8) is 0 Å². The first kappa shape index (κ1) is 21.6. The van der Waals surface area contributed by atoms with E-state index in [-0.39, 0.29) is 49.3 Å². The van der Waals surface area contributed by atoms with Gasteiger partial charge in [-0.2, -0.15) is 0 Å². The van der Waals surface area contributed by atoms with E-state index < -0.39 is 0 Å². The van der Waals surface area contributed by atoms with Crippen LogP contribution in [0.1, 0.15) is 45.1 Å². The van der Waals surface area contributed by atoms with E-state index in [9.17, 15) is 14.4 Å². The van der Waals surface area contributed by atoms with E-state index in [1.165, 1.54) is 4.90 Å². The highest BCUT2D eigenvalue weighted by molar-refractivity contribution is 6.31. The smallest absolute Gasteiger partial charge is 0.248 e. The zero-order valence-electron chi connectivity index (χ0n) is 17.5. The fraction of sp³-hybridized carbons (Fsp3) is 0.591. The quantitative estimate of drug-likeness (QED) is 0.709. The largest absolute Gasteiger partial charge is 0.333 e. The monoisotopic (exact) mass is 419 g/mol. The van der Waals surface area contributed by atoms with Gasteiger partial charge in [0.15, 0.2) is 0 Å². The topological polar surface area (TPSA) is 60.9 Å². The molecule has 0 aromatic heterocycles. The number of hydrogen-bond acceptors (Lipinski definition) is 3. The molecular weight excluding hydrogens is 390 g/mol. The number of nitrogens with zero attached hydrogens (tertiary/aromatic N) is 3. The van der Waals surface area contributed by atoms with E-state index in [2.05, 4.69) is 0 Å². The van der Waals surface area contributed by atoms with Gasteiger partial charge in [-0.3, -0.25) is 19.3 Å². The number of amides is 3. The summed E-state index contributed by atoms with van der Waals surface area (Å²) in [5.74, 6) is 0.0673. The summed E-state index contributed by atoms with van der Waals surface area (Å²) >= 11 is 6.19. The van der Waals surface area contributed by atoms with Crippen molar-refractivity contribution >= 4 is 35.0 Å². The molecule has 0 N–H and O–H groups in total. The zero-order chi connectivity index (χ0) is 21.1. The van der Waals surface area contributed by atoms with Crippen LogP contribution in [0.15, 0.2) is 18.2 Å². The van der Waals surface area contributed by atoms with Gasteiger partial charge >= 0.3 is 0 Å². The summed E-state index contributed by atoms with van der Waals surface area (Å²) < 4.78 is 0. The minimum atomic E-state index is -0.187. The molecule has 7 heteroatoms. The van der Waals surface area contributed by atoms with Crippen molar-refractivity contribution in [1.29, 1.82) is 0 Å². The molecule has 2 aliphatic rings. The predicted molar refractivity (Wildman–Crippen MR) is 114 cm³/mol. The minimum absolute atomic E-state index is 0.0257. The van der Waals surface area contributed by atoms with Crippen molar-refractivity contribution < 1.29 is 14.4 Å². The van der Waals surface area contributed by atoms with Crippen molar-refractivity contribution in [2.75, 3.05) is 31.2 Å². The van der Waals surface area contributed by atoms with Crippen molar-refractivity contribution in [2.24, 2.45) is 11.8 Å².